The molecule has 2 aromatic rings. The first-order valence-corrected chi connectivity index (χ1v) is 6.42. The van der Waals surface area contributed by atoms with Crippen LogP contribution in [-0.2, 0) is 6.61 Å². The lowest BCUT2D eigenvalue weighted by atomic mass is 10.2. The van der Waals surface area contributed by atoms with Crippen LogP contribution in [0.5, 0.6) is 5.75 Å². The van der Waals surface area contributed by atoms with E-state index in [1.165, 1.54) is 30.3 Å². The van der Waals surface area contributed by atoms with Gasteiger partial charge >= 0.3 is 0 Å². The van der Waals surface area contributed by atoms with Gasteiger partial charge in [0.1, 0.15) is 12.4 Å². The Bertz CT molecular complexity index is 596. The van der Waals surface area contributed by atoms with E-state index in [0.717, 1.165) is 0 Å². The third-order valence-corrected chi connectivity index (χ3v) is 3.22. The summed E-state index contributed by atoms with van der Waals surface area (Å²) in [5.74, 6) is -0.0995. The zero-order valence-electron chi connectivity index (χ0n) is 9.59. The predicted molar refractivity (Wildman–Crippen MR) is 76.6 cm³/mol. The van der Waals surface area contributed by atoms with Gasteiger partial charge < -0.3 is 10.5 Å². The first-order chi connectivity index (χ1) is 8.97. The highest BCUT2D eigenvalue weighted by Crippen LogP contribution is 2.36. The Labute approximate surface area is 124 Å². The van der Waals surface area contributed by atoms with Crippen molar-refractivity contribution in [1.82, 2.24) is 0 Å². The summed E-state index contributed by atoms with van der Waals surface area (Å²) in [6, 6.07) is 7.08. The lowest BCUT2D eigenvalue weighted by Gasteiger charge is -2.11. The van der Waals surface area contributed by atoms with Crippen LogP contribution in [-0.4, -0.2) is 0 Å². The maximum atomic E-state index is 13.1. The number of anilines is 1. The van der Waals surface area contributed by atoms with Crippen LogP contribution in [0.25, 0.3) is 0 Å². The van der Waals surface area contributed by atoms with E-state index in [4.69, 9.17) is 45.3 Å². The van der Waals surface area contributed by atoms with Crippen LogP contribution >= 0.6 is 34.8 Å². The van der Waals surface area contributed by atoms with Crippen molar-refractivity contribution in [3.8, 4) is 5.75 Å². The van der Waals surface area contributed by atoms with Crippen LogP contribution in [0.1, 0.15) is 5.56 Å². The molecule has 0 bridgehead atoms. The van der Waals surface area contributed by atoms with Gasteiger partial charge in [-0.15, -0.1) is 0 Å². The van der Waals surface area contributed by atoms with Gasteiger partial charge in [-0.1, -0.05) is 34.8 Å². The third kappa shape index (κ3) is 3.44. The molecule has 100 valence electrons. The second-order valence-corrected chi connectivity index (χ2v) is 5.08. The van der Waals surface area contributed by atoms with Crippen molar-refractivity contribution in [3.05, 3.63) is 56.8 Å². The average Bonchev–Trinajstić information content (AvgIpc) is 2.32. The Balaban J connectivity index is 2.21. The van der Waals surface area contributed by atoms with Crippen molar-refractivity contribution < 1.29 is 9.13 Å². The van der Waals surface area contributed by atoms with Crippen LogP contribution in [0, 0.1) is 5.82 Å². The van der Waals surface area contributed by atoms with E-state index in [2.05, 4.69) is 0 Å². The number of rotatable bonds is 3. The summed E-state index contributed by atoms with van der Waals surface area (Å²) in [4.78, 5) is 0. The molecule has 2 N–H and O–H groups in total. The molecule has 2 aromatic carbocycles. The molecule has 2 rings (SSSR count). The summed E-state index contributed by atoms with van der Waals surface area (Å²) >= 11 is 17.7. The molecule has 0 spiro atoms. The minimum atomic E-state index is -0.388. The van der Waals surface area contributed by atoms with Crippen LogP contribution in [0.2, 0.25) is 15.1 Å². The molecule has 0 radical (unpaired) electrons. The first kappa shape index (κ1) is 14.3. The molecule has 19 heavy (non-hydrogen) atoms. The van der Waals surface area contributed by atoms with Gasteiger partial charge in [-0.2, -0.15) is 0 Å². The van der Waals surface area contributed by atoms with Crippen LogP contribution in [0.4, 0.5) is 10.1 Å². The van der Waals surface area contributed by atoms with Crippen LogP contribution in [0.15, 0.2) is 30.3 Å². The summed E-state index contributed by atoms with van der Waals surface area (Å²) in [6.07, 6.45) is 0. The second-order valence-electron chi connectivity index (χ2n) is 3.83. The van der Waals surface area contributed by atoms with E-state index >= 15 is 0 Å². The van der Waals surface area contributed by atoms with E-state index in [-0.39, 0.29) is 28.2 Å². The van der Waals surface area contributed by atoms with E-state index in [1.807, 2.05) is 0 Å². The summed E-state index contributed by atoms with van der Waals surface area (Å²) in [7, 11) is 0. The minimum absolute atomic E-state index is 0.0602. The molecule has 0 atom stereocenters. The number of benzene rings is 2. The summed E-state index contributed by atoms with van der Waals surface area (Å²) < 4.78 is 18.6. The molecular formula is C13H9Cl3FNO. The molecule has 0 unspecified atom stereocenters. The highest BCUT2D eigenvalue weighted by atomic mass is 35.5. The Morgan fingerprint density at radius 2 is 1.68 bits per heavy atom. The molecule has 0 saturated carbocycles. The molecule has 0 heterocycles. The van der Waals surface area contributed by atoms with Crippen LogP contribution < -0.4 is 10.5 Å². The monoisotopic (exact) mass is 319 g/mol. The Kier molecular flexibility index (Phi) is 4.40. The maximum absolute atomic E-state index is 13.1. The molecule has 0 fully saturated rings. The van der Waals surface area contributed by atoms with Gasteiger partial charge in [0.15, 0.2) is 5.75 Å². The Hall–Kier alpha value is -1.16. The molecule has 0 saturated heterocycles. The fourth-order valence-corrected chi connectivity index (χ4v) is 2.44. The topological polar surface area (TPSA) is 35.2 Å². The normalized spacial score (nSPS) is 10.5. The molecule has 0 aliphatic rings. The molecule has 2 nitrogen and oxygen atoms in total. The standard InChI is InChI=1S/C13H9Cl3FNO/c14-8-4-10(15)13(11(16)5-8)19-6-7-3-9(17)1-2-12(7)18/h1-5H,6,18H2. The molecule has 0 aliphatic carbocycles. The maximum Gasteiger partial charge on any atom is 0.157 e. The second kappa shape index (κ2) is 5.87. The zero-order chi connectivity index (χ0) is 14.0. The van der Waals surface area contributed by atoms with Gasteiger partial charge in [-0.25, -0.2) is 4.39 Å². The predicted octanol–water partition coefficient (Wildman–Crippen LogP) is 4.95. The van der Waals surface area contributed by atoms with E-state index in [9.17, 15) is 4.39 Å². The van der Waals surface area contributed by atoms with Gasteiger partial charge in [-0.05, 0) is 30.3 Å². The molecule has 0 amide bonds. The number of hydrogen-bond acceptors (Lipinski definition) is 2. The Morgan fingerprint density at radius 1 is 1.05 bits per heavy atom. The fraction of sp³-hybridized carbons (Fsp3) is 0.0769. The van der Waals surface area contributed by atoms with Crippen molar-refractivity contribution in [2.24, 2.45) is 0 Å². The Morgan fingerprint density at radius 3 is 2.32 bits per heavy atom. The number of halogens is 4. The summed E-state index contributed by atoms with van der Waals surface area (Å²) in [5.41, 5.74) is 6.67. The average molecular weight is 321 g/mol. The van der Waals surface area contributed by atoms with Gasteiger partial charge in [0.05, 0.1) is 10.0 Å². The number of nitrogens with two attached hydrogens (primary N) is 1. The van der Waals surface area contributed by atoms with Gasteiger partial charge in [-0.3, -0.25) is 0 Å². The van der Waals surface area contributed by atoms with Gasteiger partial charge in [0.2, 0.25) is 0 Å². The van der Waals surface area contributed by atoms with Crippen molar-refractivity contribution in [1.29, 1.82) is 0 Å². The quantitative estimate of drug-likeness (QED) is 0.812. The van der Waals surface area contributed by atoms with E-state index < -0.39 is 0 Å². The lowest BCUT2D eigenvalue weighted by Crippen LogP contribution is -2.01. The van der Waals surface area contributed by atoms with Crippen molar-refractivity contribution in [2.75, 3.05) is 5.73 Å². The van der Waals surface area contributed by atoms with E-state index in [0.29, 0.717) is 16.3 Å². The SMILES string of the molecule is Nc1ccc(F)cc1COc1c(Cl)cc(Cl)cc1Cl. The summed E-state index contributed by atoms with van der Waals surface area (Å²) in [6.45, 7) is 0.0602. The number of ether oxygens (including phenoxy) is 1. The smallest absolute Gasteiger partial charge is 0.157 e. The van der Waals surface area contributed by atoms with Crippen molar-refractivity contribution in [3.63, 3.8) is 0 Å². The summed E-state index contributed by atoms with van der Waals surface area (Å²) in [5, 5.41) is 0.979. The fourth-order valence-electron chi connectivity index (χ4n) is 1.52. The zero-order valence-corrected chi connectivity index (χ0v) is 11.9. The number of nitrogen functional groups attached to an aromatic ring is 1. The highest BCUT2D eigenvalue weighted by molar-refractivity contribution is 6.40. The molecule has 0 aliphatic heterocycles. The largest absolute Gasteiger partial charge is 0.486 e. The lowest BCUT2D eigenvalue weighted by molar-refractivity contribution is 0.306. The number of hydrogen-bond donors (Lipinski definition) is 1. The highest BCUT2D eigenvalue weighted by Gasteiger charge is 2.10. The molecule has 0 aromatic heterocycles. The molecule has 6 heteroatoms. The van der Waals surface area contributed by atoms with Gasteiger partial charge in [0, 0.05) is 16.3 Å². The molecular weight excluding hydrogens is 312 g/mol. The van der Waals surface area contributed by atoms with Crippen LogP contribution in [0.3, 0.4) is 0 Å². The van der Waals surface area contributed by atoms with E-state index in [1.54, 1.807) is 0 Å². The third-order valence-electron chi connectivity index (χ3n) is 2.44. The first-order valence-electron chi connectivity index (χ1n) is 5.28. The van der Waals surface area contributed by atoms with Crippen molar-refractivity contribution >= 4 is 40.5 Å². The minimum Gasteiger partial charge on any atom is -0.486 e. The van der Waals surface area contributed by atoms with Gasteiger partial charge in [0.25, 0.3) is 0 Å². The van der Waals surface area contributed by atoms with Crippen molar-refractivity contribution in [2.45, 2.75) is 6.61 Å².